The highest BCUT2D eigenvalue weighted by molar-refractivity contribution is 7.89. The van der Waals surface area contributed by atoms with Crippen molar-refractivity contribution in [2.24, 2.45) is 0 Å². The lowest BCUT2D eigenvalue weighted by atomic mass is 10.0. The molecule has 138 valence electrons. The maximum atomic E-state index is 12.7. The number of aryl methyl sites for hydroxylation is 1. The van der Waals surface area contributed by atoms with Crippen LogP contribution in [-0.2, 0) is 10.0 Å². The number of benzene rings is 2. The van der Waals surface area contributed by atoms with Crippen LogP contribution in [0.15, 0.2) is 53.4 Å². The number of hydrogen-bond donors (Lipinski definition) is 2. The quantitative estimate of drug-likeness (QED) is 0.845. The second kappa shape index (κ2) is 7.02. The SMILES string of the molecule is Cc1cccc(Oc2ccc(S(=O)(=O)NC3CC4CCC(C3)N4)cc2)c1. The van der Waals surface area contributed by atoms with E-state index >= 15 is 0 Å². The number of piperidine rings is 1. The summed E-state index contributed by atoms with van der Waals surface area (Å²) in [6.45, 7) is 2.00. The molecule has 2 aromatic rings. The smallest absolute Gasteiger partial charge is 0.240 e. The second-order valence-corrected chi connectivity index (χ2v) is 9.03. The van der Waals surface area contributed by atoms with Gasteiger partial charge in [-0.05, 0) is 74.6 Å². The van der Waals surface area contributed by atoms with Crippen LogP contribution in [0.3, 0.4) is 0 Å². The number of nitrogens with one attached hydrogen (secondary N) is 2. The fourth-order valence-electron chi connectivity index (χ4n) is 3.94. The highest BCUT2D eigenvalue weighted by atomic mass is 32.2. The Kier molecular flexibility index (Phi) is 4.73. The Morgan fingerprint density at radius 1 is 1.00 bits per heavy atom. The van der Waals surface area contributed by atoms with Gasteiger partial charge in [0.1, 0.15) is 11.5 Å². The number of rotatable bonds is 5. The van der Waals surface area contributed by atoms with Crippen LogP contribution in [0, 0.1) is 6.92 Å². The number of hydrogen-bond acceptors (Lipinski definition) is 4. The normalized spacial score (nSPS) is 25.2. The fourth-order valence-corrected chi connectivity index (χ4v) is 5.20. The van der Waals surface area contributed by atoms with Crippen LogP contribution in [0.25, 0.3) is 0 Å². The van der Waals surface area contributed by atoms with Gasteiger partial charge < -0.3 is 10.1 Å². The zero-order chi connectivity index (χ0) is 18.1. The number of ether oxygens (including phenoxy) is 1. The van der Waals surface area contributed by atoms with Crippen molar-refractivity contribution in [1.82, 2.24) is 10.0 Å². The molecule has 2 N–H and O–H groups in total. The highest BCUT2D eigenvalue weighted by Gasteiger charge is 2.35. The van der Waals surface area contributed by atoms with E-state index in [9.17, 15) is 8.42 Å². The zero-order valence-electron chi connectivity index (χ0n) is 14.8. The summed E-state index contributed by atoms with van der Waals surface area (Å²) < 4.78 is 34.0. The third-order valence-electron chi connectivity index (χ3n) is 5.15. The van der Waals surface area contributed by atoms with Crippen molar-refractivity contribution in [2.45, 2.75) is 55.6 Å². The lowest BCUT2D eigenvalue weighted by Crippen LogP contribution is -2.47. The molecule has 0 radical (unpaired) electrons. The van der Waals surface area contributed by atoms with Gasteiger partial charge in [0.05, 0.1) is 4.90 Å². The van der Waals surface area contributed by atoms with Crippen LogP contribution >= 0.6 is 0 Å². The molecule has 0 aliphatic carbocycles. The number of sulfonamides is 1. The van der Waals surface area contributed by atoms with E-state index in [-0.39, 0.29) is 10.9 Å². The Morgan fingerprint density at radius 3 is 2.35 bits per heavy atom. The van der Waals surface area contributed by atoms with Gasteiger partial charge in [-0.25, -0.2) is 13.1 Å². The Hall–Kier alpha value is -1.89. The minimum absolute atomic E-state index is 0.0157. The molecular formula is C20H24N2O3S. The van der Waals surface area contributed by atoms with E-state index in [4.69, 9.17) is 4.74 Å². The summed E-state index contributed by atoms with van der Waals surface area (Å²) in [5.41, 5.74) is 1.11. The van der Waals surface area contributed by atoms with E-state index in [1.807, 2.05) is 31.2 Å². The zero-order valence-corrected chi connectivity index (χ0v) is 15.6. The molecule has 5 nitrogen and oxygen atoms in total. The molecule has 2 aliphatic rings. The van der Waals surface area contributed by atoms with Crippen molar-refractivity contribution in [3.8, 4) is 11.5 Å². The predicted molar refractivity (Wildman–Crippen MR) is 101 cm³/mol. The second-order valence-electron chi connectivity index (χ2n) is 7.32. The Bertz CT molecular complexity index is 868. The molecule has 2 atom stereocenters. The van der Waals surface area contributed by atoms with Gasteiger partial charge in [-0.1, -0.05) is 12.1 Å². The monoisotopic (exact) mass is 372 g/mol. The van der Waals surface area contributed by atoms with E-state index < -0.39 is 10.0 Å². The lowest BCUT2D eigenvalue weighted by Gasteiger charge is -2.29. The van der Waals surface area contributed by atoms with E-state index in [1.54, 1.807) is 24.3 Å². The fraction of sp³-hybridized carbons (Fsp3) is 0.400. The molecule has 0 saturated carbocycles. The molecule has 0 amide bonds. The molecule has 26 heavy (non-hydrogen) atoms. The first kappa shape index (κ1) is 17.5. The molecule has 2 aromatic carbocycles. The summed E-state index contributed by atoms with van der Waals surface area (Å²) in [4.78, 5) is 0.278. The van der Waals surface area contributed by atoms with Crippen LogP contribution in [0.4, 0.5) is 0 Å². The Morgan fingerprint density at radius 2 is 1.69 bits per heavy atom. The predicted octanol–water partition coefficient (Wildman–Crippen LogP) is 3.35. The van der Waals surface area contributed by atoms with Crippen LogP contribution in [0.2, 0.25) is 0 Å². The van der Waals surface area contributed by atoms with Gasteiger partial charge in [-0.15, -0.1) is 0 Å². The molecule has 4 rings (SSSR count). The maximum absolute atomic E-state index is 12.7. The largest absolute Gasteiger partial charge is 0.457 e. The molecule has 2 saturated heterocycles. The van der Waals surface area contributed by atoms with Crippen molar-refractivity contribution >= 4 is 10.0 Å². The van der Waals surface area contributed by atoms with Gasteiger partial charge in [-0.3, -0.25) is 0 Å². The van der Waals surface area contributed by atoms with Crippen molar-refractivity contribution < 1.29 is 13.2 Å². The average Bonchev–Trinajstić information content (AvgIpc) is 2.94. The van der Waals surface area contributed by atoms with Gasteiger partial charge in [-0.2, -0.15) is 0 Å². The molecule has 2 bridgehead atoms. The van der Waals surface area contributed by atoms with E-state index in [2.05, 4.69) is 10.0 Å². The number of fused-ring (bicyclic) bond motifs is 2. The minimum atomic E-state index is -3.51. The van der Waals surface area contributed by atoms with Gasteiger partial charge >= 0.3 is 0 Å². The van der Waals surface area contributed by atoms with Crippen LogP contribution in [0.1, 0.15) is 31.2 Å². The van der Waals surface area contributed by atoms with Crippen LogP contribution < -0.4 is 14.8 Å². The molecule has 6 heteroatoms. The van der Waals surface area contributed by atoms with E-state index in [0.29, 0.717) is 17.8 Å². The van der Waals surface area contributed by atoms with Crippen molar-refractivity contribution in [2.75, 3.05) is 0 Å². The Labute approximate surface area is 154 Å². The molecule has 0 spiro atoms. The van der Waals surface area contributed by atoms with Crippen molar-refractivity contribution in [3.63, 3.8) is 0 Å². The molecule has 0 aromatic heterocycles. The standard InChI is InChI=1S/C20H24N2O3S/c1-14-3-2-4-19(11-14)25-18-7-9-20(10-8-18)26(23,24)22-17-12-15-5-6-16(13-17)21-15/h2-4,7-11,15-17,21-22H,5-6,12-13H2,1H3. The first-order chi connectivity index (χ1) is 12.5. The highest BCUT2D eigenvalue weighted by Crippen LogP contribution is 2.28. The molecule has 2 aliphatic heterocycles. The summed E-state index contributed by atoms with van der Waals surface area (Å²) in [5, 5.41) is 3.53. The molecule has 2 unspecified atom stereocenters. The van der Waals surface area contributed by atoms with Crippen molar-refractivity contribution in [3.05, 3.63) is 54.1 Å². The summed E-state index contributed by atoms with van der Waals surface area (Å²) in [5.74, 6) is 1.36. The average molecular weight is 372 g/mol. The first-order valence-electron chi connectivity index (χ1n) is 9.11. The third-order valence-corrected chi connectivity index (χ3v) is 6.69. The van der Waals surface area contributed by atoms with E-state index in [1.165, 1.54) is 0 Å². The topological polar surface area (TPSA) is 67.4 Å². The maximum Gasteiger partial charge on any atom is 0.240 e. The summed E-state index contributed by atoms with van der Waals surface area (Å²) in [6.07, 6.45) is 4.02. The molecule has 2 fully saturated rings. The van der Waals surface area contributed by atoms with Crippen LogP contribution in [0.5, 0.6) is 11.5 Å². The van der Waals surface area contributed by atoms with Gasteiger partial charge in [0.15, 0.2) is 0 Å². The van der Waals surface area contributed by atoms with Crippen LogP contribution in [-0.4, -0.2) is 26.5 Å². The summed E-state index contributed by atoms with van der Waals surface area (Å²) in [7, 11) is -3.51. The van der Waals surface area contributed by atoms with Gasteiger partial charge in [0, 0.05) is 18.1 Å². The third kappa shape index (κ3) is 3.92. The van der Waals surface area contributed by atoms with Crippen molar-refractivity contribution in [1.29, 1.82) is 0 Å². The Balaban J connectivity index is 1.43. The van der Waals surface area contributed by atoms with Gasteiger partial charge in [0.25, 0.3) is 0 Å². The lowest BCUT2D eigenvalue weighted by molar-refractivity contribution is 0.345. The first-order valence-corrected chi connectivity index (χ1v) is 10.6. The minimum Gasteiger partial charge on any atom is -0.457 e. The molecule has 2 heterocycles. The van der Waals surface area contributed by atoms with E-state index in [0.717, 1.165) is 37.0 Å². The summed E-state index contributed by atoms with van der Waals surface area (Å²) >= 11 is 0. The molecular weight excluding hydrogens is 348 g/mol. The summed E-state index contributed by atoms with van der Waals surface area (Å²) in [6, 6.07) is 15.3. The van der Waals surface area contributed by atoms with Gasteiger partial charge in [0.2, 0.25) is 10.0 Å².